The summed E-state index contributed by atoms with van der Waals surface area (Å²) >= 11 is 0. The van der Waals surface area contributed by atoms with Crippen LogP contribution in [0.5, 0.6) is 0 Å². The maximum atomic E-state index is 12.4. The zero-order valence-electron chi connectivity index (χ0n) is 11.1. The third kappa shape index (κ3) is 3.61. The molecule has 0 saturated carbocycles. The van der Waals surface area contributed by atoms with Crippen molar-refractivity contribution in [2.45, 2.75) is 32.0 Å². The first kappa shape index (κ1) is 14.6. The first-order valence-corrected chi connectivity index (χ1v) is 6.41. The van der Waals surface area contributed by atoms with Gasteiger partial charge in [0.25, 0.3) is 0 Å². The second-order valence-electron chi connectivity index (χ2n) is 4.86. The van der Waals surface area contributed by atoms with Crippen molar-refractivity contribution in [2.24, 2.45) is 0 Å². The quantitative estimate of drug-likeness (QED) is 0.907. The number of piperidine rings is 1. The second kappa shape index (κ2) is 5.68. The number of halogens is 3. The number of hydrogen-bond acceptors (Lipinski definition) is 3. The van der Waals surface area contributed by atoms with Crippen LogP contribution in [-0.2, 0) is 11.0 Å². The van der Waals surface area contributed by atoms with Crippen LogP contribution in [0.2, 0.25) is 0 Å². The molecule has 1 amide bonds. The van der Waals surface area contributed by atoms with E-state index in [0.29, 0.717) is 18.9 Å². The summed E-state index contributed by atoms with van der Waals surface area (Å²) in [6, 6.07) is 2.57. The Morgan fingerprint density at radius 2 is 2.00 bits per heavy atom. The van der Waals surface area contributed by atoms with Crippen LogP contribution < -0.4 is 10.2 Å². The standard InChI is InChI=1S/C13H16F3N3O/c1-9(20)18-11-4-6-19(7-5-11)12-3-2-10(8-17-12)13(14,15)16/h2-3,8,11H,4-7H2,1H3,(H,18,20). The van der Waals surface area contributed by atoms with Crippen molar-refractivity contribution in [1.82, 2.24) is 10.3 Å². The molecule has 0 bridgehead atoms. The van der Waals surface area contributed by atoms with Gasteiger partial charge in [0.15, 0.2) is 0 Å². The molecule has 1 N–H and O–H groups in total. The highest BCUT2D eigenvalue weighted by Gasteiger charge is 2.31. The van der Waals surface area contributed by atoms with Crippen LogP contribution in [0.1, 0.15) is 25.3 Å². The molecular formula is C13H16F3N3O. The van der Waals surface area contributed by atoms with E-state index >= 15 is 0 Å². The topological polar surface area (TPSA) is 45.2 Å². The van der Waals surface area contributed by atoms with E-state index in [9.17, 15) is 18.0 Å². The molecule has 1 aliphatic rings. The predicted octanol–water partition coefficient (Wildman–Crippen LogP) is 2.21. The van der Waals surface area contributed by atoms with Gasteiger partial charge in [0.1, 0.15) is 5.82 Å². The number of alkyl halides is 3. The molecule has 0 atom stereocenters. The van der Waals surface area contributed by atoms with Crippen LogP contribution >= 0.6 is 0 Å². The van der Waals surface area contributed by atoms with Crippen molar-refractivity contribution in [1.29, 1.82) is 0 Å². The summed E-state index contributed by atoms with van der Waals surface area (Å²) in [7, 11) is 0. The number of carbonyl (C=O) groups excluding carboxylic acids is 1. The molecule has 7 heteroatoms. The summed E-state index contributed by atoms with van der Waals surface area (Å²) in [5, 5.41) is 2.85. The molecular weight excluding hydrogens is 271 g/mol. The molecule has 0 spiro atoms. The molecule has 1 fully saturated rings. The van der Waals surface area contributed by atoms with Gasteiger partial charge in [0.05, 0.1) is 5.56 Å². The van der Waals surface area contributed by atoms with Crippen LogP contribution in [-0.4, -0.2) is 30.0 Å². The first-order chi connectivity index (χ1) is 9.36. The molecule has 110 valence electrons. The van der Waals surface area contributed by atoms with Gasteiger partial charge in [-0.05, 0) is 25.0 Å². The van der Waals surface area contributed by atoms with Gasteiger partial charge in [-0.25, -0.2) is 4.98 Å². The highest BCUT2D eigenvalue weighted by Crippen LogP contribution is 2.29. The Morgan fingerprint density at radius 3 is 2.45 bits per heavy atom. The lowest BCUT2D eigenvalue weighted by molar-refractivity contribution is -0.137. The Balaban J connectivity index is 1.95. The molecule has 2 rings (SSSR count). The summed E-state index contributed by atoms with van der Waals surface area (Å²) in [6.45, 7) is 2.82. The average molecular weight is 287 g/mol. The molecule has 1 aromatic heterocycles. The number of aromatic nitrogens is 1. The van der Waals surface area contributed by atoms with Crippen molar-refractivity contribution >= 4 is 11.7 Å². The Bertz CT molecular complexity index is 465. The van der Waals surface area contributed by atoms with Gasteiger partial charge in [0.2, 0.25) is 5.91 Å². The summed E-state index contributed by atoms with van der Waals surface area (Å²) in [5.74, 6) is 0.482. The molecule has 1 aromatic rings. The Hall–Kier alpha value is -1.79. The molecule has 4 nitrogen and oxygen atoms in total. The van der Waals surface area contributed by atoms with Gasteiger partial charge in [-0.1, -0.05) is 0 Å². The van der Waals surface area contributed by atoms with E-state index < -0.39 is 11.7 Å². The van der Waals surface area contributed by atoms with Gasteiger partial charge in [0, 0.05) is 32.3 Å². The van der Waals surface area contributed by atoms with E-state index in [1.807, 2.05) is 4.90 Å². The molecule has 0 aliphatic carbocycles. The third-order valence-electron chi connectivity index (χ3n) is 3.30. The number of amides is 1. The van der Waals surface area contributed by atoms with Crippen molar-refractivity contribution < 1.29 is 18.0 Å². The van der Waals surface area contributed by atoms with Gasteiger partial charge in [-0.15, -0.1) is 0 Å². The molecule has 0 radical (unpaired) electrons. The molecule has 0 aromatic carbocycles. The van der Waals surface area contributed by atoms with Crippen molar-refractivity contribution in [3.05, 3.63) is 23.9 Å². The zero-order chi connectivity index (χ0) is 14.8. The normalized spacial score (nSPS) is 17.1. The average Bonchev–Trinajstić information content (AvgIpc) is 2.38. The lowest BCUT2D eigenvalue weighted by atomic mass is 10.0. The number of carbonyl (C=O) groups is 1. The number of anilines is 1. The van der Waals surface area contributed by atoms with Crippen LogP contribution in [0.15, 0.2) is 18.3 Å². The maximum absolute atomic E-state index is 12.4. The van der Waals surface area contributed by atoms with Gasteiger partial charge in [-0.2, -0.15) is 13.2 Å². The Kier molecular flexibility index (Phi) is 4.15. The summed E-state index contributed by atoms with van der Waals surface area (Å²) in [6.07, 6.45) is -1.97. The van der Waals surface area contributed by atoms with E-state index in [0.717, 1.165) is 25.1 Å². The number of hydrogen-bond donors (Lipinski definition) is 1. The van der Waals surface area contributed by atoms with Gasteiger partial charge < -0.3 is 10.2 Å². The van der Waals surface area contributed by atoms with Crippen LogP contribution in [0.25, 0.3) is 0 Å². The minimum atomic E-state index is -4.36. The van der Waals surface area contributed by atoms with E-state index in [-0.39, 0.29) is 11.9 Å². The number of pyridine rings is 1. The minimum Gasteiger partial charge on any atom is -0.356 e. The van der Waals surface area contributed by atoms with Crippen LogP contribution in [0, 0.1) is 0 Å². The molecule has 20 heavy (non-hydrogen) atoms. The minimum absolute atomic E-state index is 0.0592. The highest BCUT2D eigenvalue weighted by molar-refractivity contribution is 5.73. The SMILES string of the molecule is CC(=O)NC1CCN(c2ccc(C(F)(F)F)cn2)CC1. The van der Waals surface area contributed by atoms with E-state index in [1.54, 1.807) is 0 Å². The molecule has 1 aliphatic heterocycles. The van der Waals surface area contributed by atoms with E-state index in [4.69, 9.17) is 0 Å². The largest absolute Gasteiger partial charge is 0.417 e. The second-order valence-corrected chi connectivity index (χ2v) is 4.86. The van der Waals surface area contributed by atoms with Crippen LogP contribution in [0.4, 0.5) is 19.0 Å². The maximum Gasteiger partial charge on any atom is 0.417 e. The zero-order valence-corrected chi connectivity index (χ0v) is 11.1. The van der Waals surface area contributed by atoms with Crippen molar-refractivity contribution in [3.8, 4) is 0 Å². The summed E-state index contributed by atoms with van der Waals surface area (Å²) in [4.78, 5) is 16.8. The highest BCUT2D eigenvalue weighted by atomic mass is 19.4. The van der Waals surface area contributed by atoms with Gasteiger partial charge >= 0.3 is 6.18 Å². The number of nitrogens with one attached hydrogen (secondary N) is 1. The lowest BCUT2D eigenvalue weighted by Gasteiger charge is -2.33. The van der Waals surface area contributed by atoms with Gasteiger partial charge in [-0.3, -0.25) is 4.79 Å². The lowest BCUT2D eigenvalue weighted by Crippen LogP contribution is -2.44. The fourth-order valence-electron chi connectivity index (χ4n) is 2.28. The van der Waals surface area contributed by atoms with Crippen molar-refractivity contribution in [3.63, 3.8) is 0 Å². The fourth-order valence-corrected chi connectivity index (χ4v) is 2.28. The third-order valence-corrected chi connectivity index (χ3v) is 3.30. The first-order valence-electron chi connectivity index (χ1n) is 6.41. The summed E-state index contributed by atoms with van der Waals surface area (Å²) < 4.78 is 37.3. The molecule has 2 heterocycles. The summed E-state index contributed by atoms with van der Waals surface area (Å²) in [5.41, 5.74) is -0.741. The molecule has 0 unspecified atom stereocenters. The predicted molar refractivity (Wildman–Crippen MR) is 68.3 cm³/mol. The van der Waals surface area contributed by atoms with E-state index in [1.165, 1.54) is 13.0 Å². The Labute approximate surface area is 115 Å². The number of nitrogens with zero attached hydrogens (tertiary/aromatic N) is 2. The van der Waals surface area contributed by atoms with E-state index in [2.05, 4.69) is 10.3 Å². The monoisotopic (exact) mass is 287 g/mol. The number of rotatable bonds is 2. The van der Waals surface area contributed by atoms with Crippen LogP contribution in [0.3, 0.4) is 0 Å². The smallest absolute Gasteiger partial charge is 0.356 e. The molecule has 1 saturated heterocycles. The van der Waals surface area contributed by atoms with Crippen molar-refractivity contribution in [2.75, 3.05) is 18.0 Å². The Morgan fingerprint density at radius 1 is 1.35 bits per heavy atom. The fraction of sp³-hybridized carbons (Fsp3) is 0.538.